The first-order chi connectivity index (χ1) is 15.1. The number of carbonyl (C=O) groups excluding carboxylic acids is 2. The first-order valence-electron chi connectivity index (χ1n) is 10.4. The van der Waals surface area contributed by atoms with Crippen LogP contribution in [0.3, 0.4) is 0 Å². The lowest BCUT2D eigenvalue weighted by Crippen LogP contribution is -2.49. The molecule has 3 N–H and O–H groups in total. The van der Waals surface area contributed by atoms with Crippen molar-refractivity contribution in [3.63, 3.8) is 0 Å². The van der Waals surface area contributed by atoms with Crippen molar-refractivity contribution in [1.29, 1.82) is 0 Å². The van der Waals surface area contributed by atoms with Crippen molar-refractivity contribution < 1.29 is 24.2 Å². The van der Waals surface area contributed by atoms with Crippen LogP contribution in [-0.4, -0.2) is 46.3 Å². The first-order valence-corrected chi connectivity index (χ1v) is 12.2. The summed E-state index contributed by atoms with van der Waals surface area (Å²) in [5.41, 5.74) is -0.684. The van der Waals surface area contributed by atoms with E-state index in [1.54, 1.807) is 48.3 Å². The van der Waals surface area contributed by atoms with Crippen LogP contribution in [-0.2, 0) is 22.6 Å². The van der Waals surface area contributed by atoms with Gasteiger partial charge in [-0.15, -0.1) is 22.7 Å². The summed E-state index contributed by atoms with van der Waals surface area (Å²) in [6, 6.07) is 7.08. The second kappa shape index (κ2) is 12.4. The Labute approximate surface area is 196 Å². The van der Waals surface area contributed by atoms with Crippen molar-refractivity contribution in [3.8, 4) is 0 Å². The molecule has 2 heterocycles. The highest BCUT2D eigenvalue weighted by molar-refractivity contribution is 7.10. The molecule has 1 unspecified atom stereocenters. The normalized spacial score (nSPS) is 12.1. The van der Waals surface area contributed by atoms with E-state index >= 15 is 0 Å². The monoisotopic (exact) mass is 481 g/mol. The van der Waals surface area contributed by atoms with Crippen LogP contribution in [0.2, 0.25) is 0 Å². The second-order valence-electron chi connectivity index (χ2n) is 8.28. The SMILES string of the molecule is CC(C)(C)OC(=O)NC(CCCCNC(=O)O)C(=O)N(Cc1cccs1)Cc1cccs1. The largest absolute Gasteiger partial charge is 0.465 e. The van der Waals surface area contributed by atoms with Crippen LogP contribution < -0.4 is 10.6 Å². The number of nitrogens with one attached hydrogen (secondary N) is 2. The molecule has 0 aliphatic heterocycles. The Morgan fingerprint density at radius 2 is 1.66 bits per heavy atom. The molecular formula is C22H31N3O5S2. The maximum Gasteiger partial charge on any atom is 0.408 e. The zero-order valence-corrected chi connectivity index (χ0v) is 20.3. The van der Waals surface area contributed by atoms with Gasteiger partial charge >= 0.3 is 12.2 Å². The van der Waals surface area contributed by atoms with E-state index in [4.69, 9.17) is 9.84 Å². The van der Waals surface area contributed by atoms with Gasteiger partial charge < -0.3 is 25.4 Å². The molecule has 0 bridgehead atoms. The molecule has 2 aromatic rings. The molecule has 0 fully saturated rings. The predicted octanol–water partition coefficient (Wildman–Crippen LogP) is 4.67. The van der Waals surface area contributed by atoms with Crippen molar-refractivity contribution in [2.45, 2.75) is 64.8 Å². The molecular weight excluding hydrogens is 450 g/mol. The Kier molecular flexibility index (Phi) is 9.98. The second-order valence-corrected chi connectivity index (χ2v) is 10.3. The lowest BCUT2D eigenvalue weighted by atomic mass is 10.1. The van der Waals surface area contributed by atoms with E-state index in [9.17, 15) is 14.4 Å². The van der Waals surface area contributed by atoms with Gasteiger partial charge in [0, 0.05) is 16.3 Å². The molecule has 10 heteroatoms. The van der Waals surface area contributed by atoms with Crippen molar-refractivity contribution >= 4 is 40.8 Å². The van der Waals surface area contributed by atoms with Crippen LogP contribution in [0.4, 0.5) is 9.59 Å². The van der Waals surface area contributed by atoms with Gasteiger partial charge in [-0.25, -0.2) is 9.59 Å². The van der Waals surface area contributed by atoms with Gasteiger partial charge in [0.15, 0.2) is 0 Å². The Bertz CT molecular complexity index is 811. The molecule has 0 radical (unpaired) electrons. The zero-order valence-electron chi connectivity index (χ0n) is 18.6. The number of ether oxygens (including phenoxy) is 1. The Balaban J connectivity index is 2.12. The number of unbranched alkanes of at least 4 members (excludes halogenated alkanes) is 1. The molecule has 0 saturated carbocycles. The lowest BCUT2D eigenvalue weighted by Gasteiger charge is -2.28. The number of alkyl carbamates (subject to hydrolysis) is 1. The van der Waals surface area contributed by atoms with E-state index < -0.39 is 23.8 Å². The van der Waals surface area contributed by atoms with E-state index in [0.717, 1.165) is 9.75 Å². The molecule has 32 heavy (non-hydrogen) atoms. The molecule has 0 aliphatic rings. The fraction of sp³-hybridized carbons (Fsp3) is 0.500. The zero-order chi connectivity index (χ0) is 23.6. The van der Waals surface area contributed by atoms with Gasteiger partial charge in [-0.1, -0.05) is 12.1 Å². The third kappa shape index (κ3) is 9.69. The number of rotatable bonds is 11. The number of carbonyl (C=O) groups is 3. The summed E-state index contributed by atoms with van der Waals surface area (Å²) < 4.78 is 5.36. The van der Waals surface area contributed by atoms with Gasteiger partial charge in [0.1, 0.15) is 11.6 Å². The van der Waals surface area contributed by atoms with E-state index in [-0.39, 0.29) is 12.5 Å². The number of thiophene rings is 2. The number of hydrogen-bond donors (Lipinski definition) is 3. The highest BCUT2D eigenvalue weighted by Crippen LogP contribution is 2.19. The predicted molar refractivity (Wildman–Crippen MR) is 126 cm³/mol. The molecule has 0 saturated heterocycles. The summed E-state index contributed by atoms with van der Waals surface area (Å²) >= 11 is 3.15. The summed E-state index contributed by atoms with van der Waals surface area (Å²) in [6.45, 7) is 6.47. The van der Waals surface area contributed by atoms with Crippen LogP contribution in [0.5, 0.6) is 0 Å². The lowest BCUT2D eigenvalue weighted by molar-refractivity contribution is -0.134. The molecule has 0 aromatic carbocycles. The fourth-order valence-electron chi connectivity index (χ4n) is 2.99. The molecule has 0 aliphatic carbocycles. The number of hydrogen-bond acceptors (Lipinski definition) is 6. The molecule has 1 atom stereocenters. The fourth-order valence-corrected chi connectivity index (χ4v) is 4.43. The quantitative estimate of drug-likeness (QED) is 0.404. The minimum absolute atomic E-state index is 0.191. The van der Waals surface area contributed by atoms with Crippen molar-refractivity contribution in [2.24, 2.45) is 0 Å². The third-order valence-corrected chi connectivity index (χ3v) is 6.07. The third-order valence-electron chi connectivity index (χ3n) is 4.35. The molecule has 8 nitrogen and oxygen atoms in total. The van der Waals surface area contributed by atoms with Crippen LogP contribution in [0.25, 0.3) is 0 Å². The van der Waals surface area contributed by atoms with E-state index in [1.807, 2.05) is 35.0 Å². The number of amides is 3. The van der Waals surface area contributed by atoms with Gasteiger partial charge in [-0.05, 0) is 62.9 Å². The van der Waals surface area contributed by atoms with Gasteiger partial charge in [0.25, 0.3) is 0 Å². The average Bonchev–Trinajstić information content (AvgIpc) is 3.38. The molecule has 3 amide bonds. The molecule has 176 valence electrons. The summed E-state index contributed by atoms with van der Waals surface area (Å²) in [5.74, 6) is -0.191. The summed E-state index contributed by atoms with van der Waals surface area (Å²) in [5, 5.41) is 17.7. The first kappa shape index (κ1) is 25.7. The standard InChI is InChI=1S/C22H31N3O5S2/c1-22(2,3)30-21(29)24-18(10-4-5-11-23-20(27)28)19(26)25(14-16-8-6-12-31-16)15-17-9-7-13-32-17/h6-9,12-13,18,23H,4-5,10-11,14-15H2,1-3H3,(H,24,29)(H,27,28). The highest BCUT2D eigenvalue weighted by atomic mass is 32.1. The smallest absolute Gasteiger partial charge is 0.408 e. The highest BCUT2D eigenvalue weighted by Gasteiger charge is 2.28. The average molecular weight is 482 g/mol. The maximum absolute atomic E-state index is 13.5. The topological polar surface area (TPSA) is 108 Å². The minimum Gasteiger partial charge on any atom is -0.465 e. The van der Waals surface area contributed by atoms with Crippen molar-refractivity contribution in [1.82, 2.24) is 15.5 Å². The Morgan fingerprint density at radius 3 is 2.12 bits per heavy atom. The summed E-state index contributed by atoms with van der Waals surface area (Å²) in [6.07, 6.45) is -0.223. The van der Waals surface area contributed by atoms with E-state index in [2.05, 4.69) is 10.6 Å². The van der Waals surface area contributed by atoms with E-state index in [0.29, 0.717) is 32.4 Å². The number of nitrogens with zero attached hydrogens (tertiary/aromatic N) is 1. The summed E-state index contributed by atoms with van der Waals surface area (Å²) in [4.78, 5) is 40.4. The van der Waals surface area contributed by atoms with Gasteiger partial charge in [0.2, 0.25) is 5.91 Å². The van der Waals surface area contributed by atoms with Crippen LogP contribution in [0.15, 0.2) is 35.0 Å². The van der Waals surface area contributed by atoms with Gasteiger partial charge in [0.05, 0.1) is 13.1 Å². The van der Waals surface area contributed by atoms with Crippen LogP contribution in [0.1, 0.15) is 49.8 Å². The van der Waals surface area contributed by atoms with Gasteiger partial charge in [-0.2, -0.15) is 0 Å². The van der Waals surface area contributed by atoms with Crippen LogP contribution >= 0.6 is 22.7 Å². The van der Waals surface area contributed by atoms with Crippen molar-refractivity contribution in [3.05, 3.63) is 44.8 Å². The molecule has 2 aromatic heterocycles. The summed E-state index contributed by atoms with van der Waals surface area (Å²) in [7, 11) is 0. The Morgan fingerprint density at radius 1 is 1.06 bits per heavy atom. The van der Waals surface area contributed by atoms with Gasteiger partial charge in [-0.3, -0.25) is 4.79 Å². The Hall–Kier alpha value is -2.59. The van der Waals surface area contributed by atoms with Crippen molar-refractivity contribution in [2.75, 3.05) is 6.54 Å². The number of carboxylic acid groups (broad SMARTS) is 1. The van der Waals surface area contributed by atoms with Crippen LogP contribution in [0, 0.1) is 0 Å². The maximum atomic E-state index is 13.5. The molecule has 2 rings (SSSR count). The molecule has 0 spiro atoms. The minimum atomic E-state index is -1.08. The van der Waals surface area contributed by atoms with E-state index in [1.165, 1.54) is 0 Å².